The van der Waals surface area contributed by atoms with Crippen LogP contribution < -0.4 is 25.2 Å². The van der Waals surface area contributed by atoms with Crippen molar-refractivity contribution in [3.63, 3.8) is 0 Å². The second kappa shape index (κ2) is 10.3. The Balaban J connectivity index is 1.20. The molecule has 0 unspecified atom stereocenters. The number of guanidine groups is 1. The molecule has 0 saturated carbocycles. The number of fused-ring (bicyclic) bond motifs is 1. The Labute approximate surface area is 189 Å². The van der Waals surface area contributed by atoms with Crippen molar-refractivity contribution in [3.05, 3.63) is 48.2 Å². The zero-order chi connectivity index (χ0) is 22.3. The van der Waals surface area contributed by atoms with E-state index < -0.39 is 0 Å². The van der Waals surface area contributed by atoms with Crippen LogP contribution in [0.15, 0.2) is 47.6 Å². The number of nitrogens with one attached hydrogen (secondary N) is 2. The van der Waals surface area contributed by atoms with Crippen molar-refractivity contribution in [2.24, 2.45) is 4.99 Å². The van der Waals surface area contributed by atoms with Crippen molar-refractivity contribution in [3.8, 4) is 5.75 Å². The lowest BCUT2D eigenvalue weighted by molar-refractivity contribution is -0.121. The molecular formula is C24H32N6O2. The van der Waals surface area contributed by atoms with Gasteiger partial charge >= 0.3 is 0 Å². The van der Waals surface area contributed by atoms with Crippen LogP contribution in [0.4, 0.5) is 11.5 Å². The summed E-state index contributed by atoms with van der Waals surface area (Å²) < 4.78 is 5.51. The van der Waals surface area contributed by atoms with E-state index in [1.807, 2.05) is 35.4 Å². The number of rotatable bonds is 6. The van der Waals surface area contributed by atoms with Gasteiger partial charge in [-0.3, -0.25) is 9.79 Å². The number of benzene rings is 1. The van der Waals surface area contributed by atoms with Gasteiger partial charge in [0, 0.05) is 45.5 Å². The summed E-state index contributed by atoms with van der Waals surface area (Å²) in [7, 11) is 1.79. The van der Waals surface area contributed by atoms with Crippen LogP contribution in [0.25, 0.3) is 0 Å². The van der Waals surface area contributed by atoms with E-state index in [1.165, 1.54) is 5.56 Å². The number of hydrogen-bond acceptors (Lipinski definition) is 5. The predicted molar refractivity (Wildman–Crippen MR) is 128 cm³/mol. The van der Waals surface area contributed by atoms with Gasteiger partial charge < -0.3 is 25.2 Å². The second-order valence-electron chi connectivity index (χ2n) is 8.25. The fraction of sp³-hybridized carbons (Fsp3) is 0.458. The van der Waals surface area contributed by atoms with Gasteiger partial charge in [-0.15, -0.1) is 0 Å². The molecule has 8 heteroatoms. The van der Waals surface area contributed by atoms with Crippen LogP contribution in [0.3, 0.4) is 0 Å². The monoisotopic (exact) mass is 436 g/mol. The number of para-hydroxylation sites is 2. The number of aryl methyl sites for hydroxylation is 1. The summed E-state index contributed by atoms with van der Waals surface area (Å²) in [5.41, 5.74) is 2.03. The summed E-state index contributed by atoms with van der Waals surface area (Å²) in [5, 5.41) is 6.93. The summed E-state index contributed by atoms with van der Waals surface area (Å²) in [6.07, 6.45) is 4.82. The predicted octanol–water partition coefficient (Wildman–Crippen LogP) is 2.34. The van der Waals surface area contributed by atoms with Crippen molar-refractivity contribution in [1.29, 1.82) is 0 Å². The Morgan fingerprint density at radius 2 is 2.03 bits per heavy atom. The molecule has 0 radical (unpaired) electrons. The number of aliphatic imine (C=N–C) groups is 1. The minimum Gasteiger partial charge on any atom is -0.482 e. The van der Waals surface area contributed by atoms with E-state index in [4.69, 9.17) is 4.74 Å². The third-order valence-corrected chi connectivity index (χ3v) is 5.94. The molecule has 0 aliphatic carbocycles. The smallest absolute Gasteiger partial charge is 0.265 e. The Bertz CT molecular complexity index is 938. The topological polar surface area (TPSA) is 82.1 Å². The minimum absolute atomic E-state index is 0.000957. The van der Waals surface area contributed by atoms with Crippen LogP contribution in [0.1, 0.15) is 24.8 Å². The summed E-state index contributed by atoms with van der Waals surface area (Å²) in [6, 6.07) is 12.3. The molecule has 0 bridgehead atoms. The SMILES string of the molecule is CN=C(NCCCN1C(=O)COc2ccccc21)NC1CCN(c2ccc(C)cn2)CC1. The van der Waals surface area contributed by atoms with Crippen LogP contribution in [0.5, 0.6) is 5.75 Å². The molecule has 2 aliphatic heterocycles. The van der Waals surface area contributed by atoms with Gasteiger partial charge in [0.25, 0.3) is 5.91 Å². The molecule has 1 fully saturated rings. The lowest BCUT2D eigenvalue weighted by Crippen LogP contribution is -2.49. The normalized spacial score (nSPS) is 17.1. The molecule has 3 heterocycles. The summed E-state index contributed by atoms with van der Waals surface area (Å²) in [6.45, 7) is 5.49. The van der Waals surface area contributed by atoms with Crippen LogP contribution in [-0.4, -0.2) is 62.7 Å². The largest absolute Gasteiger partial charge is 0.482 e. The van der Waals surface area contributed by atoms with Gasteiger partial charge in [0.05, 0.1) is 5.69 Å². The molecular weight excluding hydrogens is 404 g/mol. The number of nitrogens with zero attached hydrogens (tertiary/aromatic N) is 4. The molecule has 8 nitrogen and oxygen atoms in total. The van der Waals surface area contributed by atoms with E-state index in [0.717, 1.165) is 62.1 Å². The highest BCUT2D eigenvalue weighted by Gasteiger charge is 2.24. The number of anilines is 2. The number of carbonyl (C=O) groups excluding carboxylic acids is 1. The van der Waals surface area contributed by atoms with Crippen molar-refractivity contribution in [2.75, 3.05) is 49.6 Å². The lowest BCUT2D eigenvalue weighted by Gasteiger charge is -2.34. The van der Waals surface area contributed by atoms with Crippen molar-refractivity contribution in [2.45, 2.75) is 32.2 Å². The van der Waals surface area contributed by atoms with Gasteiger partial charge in [-0.2, -0.15) is 0 Å². The van der Waals surface area contributed by atoms with Gasteiger partial charge in [-0.25, -0.2) is 4.98 Å². The Morgan fingerprint density at radius 3 is 2.78 bits per heavy atom. The third-order valence-electron chi connectivity index (χ3n) is 5.94. The van der Waals surface area contributed by atoms with E-state index in [9.17, 15) is 4.79 Å². The van der Waals surface area contributed by atoms with Gasteiger partial charge in [0.2, 0.25) is 0 Å². The van der Waals surface area contributed by atoms with E-state index >= 15 is 0 Å². The van der Waals surface area contributed by atoms with Gasteiger partial charge in [0.1, 0.15) is 11.6 Å². The fourth-order valence-corrected chi connectivity index (χ4v) is 4.13. The molecule has 2 aliphatic rings. The van der Waals surface area contributed by atoms with E-state index in [0.29, 0.717) is 12.6 Å². The van der Waals surface area contributed by atoms with Crippen LogP contribution in [-0.2, 0) is 4.79 Å². The highest BCUT2D eigenvalue weighted by Crippen LogP contribution is 2.31. The molecule has 170 valence electrons. The molecule has 1 saturated heterocycles. The van der Waals surface area contributed by atoms with Gasteiger partial charge in [-0.05, 0) is 49.9 Å². The first kappa shape index (κ1) is 21.9. The van der Waals surface area contributed by atoms with Crippen molar-refractivity contribution < 1.29 is 9.53 Å². The Kier molecular flexibility index (Phi) is 7.09. The molecule has 1 aromatic carbocycles. The minimum atomic E-state index is 0.000957. The molecule has 0 atom stereocenters. The number of ether oxygens (including phenoxy) is 1. The Morgan fingerprint density at radius 1 is 1.22 bits per heavy atom. The first-order valence-electron chi connectivity index (χ1n) is 11.3. The third kappa shape index (κ3) is 5.30. The standard InChI is InChI=1S/C24H32N6O2/c1-18-8-9-22(27-16-18)29-14-10-19(11-15-29)28-24(25-2)26-12-5-13-30-20-6-3-4-7-21(20)32-17-23(30)31/h3-4,6-9,16,19H,5,10-15,17H2,1-2H3,(H2,25,26,28). The maximum Gasteiger partial charge on any atom is 0.265 e. The van der Waals surface area contributed by atoms with Crippen LogP contribution >= 0.6 is 0 Å². The van der Waals surface area contributed by atoms with Crippen molar-refractivity contribution in [1.82, 2.24) is 15.6 Å². The summed E-state index contributed by atoms with van der Waals surface area (Å²) >= 11 is 0. The van der Waals surface area contributed by atoms with Gasteiger partial charge in [-0.1, -0.05) is 18.2 Å². The average molecular weight is 437 g/mol. The molecule has 1 aromatic heterocycles. The fourth-order valence-electron chi connectivity index (χ4n) is 4.13. The number of piperidine rings is 1. The molecule has 32 heavy (non-hydrogen) atoms. The average Bonchev–Trinajstić information content (AvgIpc) is 2.83. The number of carbonyl (C=O) groups is 1. The molecule has 4 rings (SSSR count). The summed E-state index contributed by atoms with van der Waals surface area (Å²) in [4.78, 5) is 25.4. The maximum atomic E-state index is 12.3. The number of hydrogen-bond donors (Lipinski definition) is 2. The number of pyridine rings is 1. The zero-order valence-electron chi connectivity index (χ0n) is 18.9. The Hall–Kier alpha value is -3.29. The van der Waals surface area contributed by atoms with Gasteiger partial charge in [0.15, 0.2) is 12.6 Å². The molecule has 2 N–H and O–H groups in total. The molecule has 2 aromatic rings. The number of amides is 1. The first-order chi connectivity index (χ1) is 15.6. The summed E-state index contributed by atoms with van der Waals surface area (Å²) in [5.74, 6) is 2.63. The first-order valence-corrected chi connectivity index (χ1v) is 11.3. The van der Waals surface area contributed by atoms with Crippen molar-refractivity contribution >= 4 is 23.4 Å². The van der Waals surface area contributed by atoms with E-state index in [-0.39, 0.29) is 12.5 Å². The molecule has 0 spiro atoms. The molecule has 1 amide bonds. The second-order valence-corrected chi connectivity index (χ2v) is 8.25. The van der Waals surface area contributed by atoms with E-state index in [2.05, 4.69) is 44.6 Å². The quantitative estimate of drug-likeness (QED) is 0.411. The number of aromatic nitrogens is 1. The lowest BCUT2D eigenvalue weighted by atomic mass is 10.1. The maximum absolute atomic E-state index is 12.3. The van der Waals surface area contributed by atoms with Crippen LogP contribution in [0.2, 0.25) is 0 Å². The highest BCUT2D eigenvalue weighted by atomic mass is 16.5. The van der Waals surface area contributed by atoms with E-state index in [1.54, 1.807) is 7.05 Å². The zero-order valence-corrected chi connectivity index (χ0v) is 18.9. The van der Waals surface area contributed by atoms with Crippen LogP contribution in [0, 0.1) is 6.92 Å². The highest BCUT2D eigenvalue weighted by molar-refractivity contribution is 5.97.